The summed E-state index contributed by atoms with van der Waals surface area (Å²) in [7, 11) is 3.78. The first kappa shape index (κ1) is 15.2. The highest BCUT2D eigenvalue weighted by Gasteiger charge is 2.23. The number of rotatable bonds is 3. The SMILES string of the molecule is CN(C)c1cnc(C(=O)N2CCN(c3ccccn3)CC2)cn1. The van der Waals surface area contributed by atoms with Crippen molar-refractivity contribution in [3.63, 3.8) is 0 Å². The van der Waals surface area contributed by atoms with Crippen LogP contribution in [0.2, 0.25) is 0 Å². The van der Waals surface area contributed by atoms with Crippen molar-refractivity contribution in [2.24, 2.45) is 0 Å². The molecule has 1 aliphatic rings. The summed E-state index contributed by atoms with van der Waals surface area (Å²) < 4.78 is 0. The van der Waals surface area contributed by atoms with Crippen molar-refractivity contribution in [1.82, 2.24) is 19.9 Å². The van der Waals surface area contributed by atoms with E-state index in [1.807, 2.05) is 42.1 Å². The molecule has 0 bridgehead atoms. The van der Waals surface area contributed by atoms with E-state index in [1.54, 1.807) is 18.6 Å². The molecule has 1 saturated heterocycles. The van der Waals surface area contributed by atoms with Crippen LogP contribution in [0.4, 0.5) is 11.6 Å². The van der Waals surface area contributed by atoms with Gasteiger partial charge in [0.2, 0.25) is 0 Å². The molecule has 2 aromatic rings. The monoisotopic (exact) mass is 312 g/mol. The smallest absolute Gasteiger partial charge is 0.274 e. The summed E-state index contributed by atoms with van der Waals surface area (Å²) in [6.07, 6.45) is 4.95. The Balaban J connectivity index is 1.62. The second-order valence-electron chi connectivity index (χ2n) is 5.62. The maximum Gasteiger partial charge on any atom is 0.274 e. The van der Waals surface area contributed by atoms with Gasteiger partial charge in [0.15, 0.2) is 0 Å². The Morgan fingerprint density at radius 1 is 1.04 bits per heavy atom. The van der Waals surface area contributed by atoms with Crippen molar-refractivity contribution >= 4 is 17.5 Å². The van der Waals surface area contributed by atoms with Crippen LogP contribution in [-0.2, 0) is 0 Å². The van der Waals surface area contributed by atoms with Crippen LogP contribution in [0, 0.1) is 0 Å². The van der Waals surface area contributed by atoms with Gasteiger partial charge >= 0.3 is 0 Å². The number of carbonyl (C=O) groups excluding carboxylic acids is 1. The lowest BCUT2D eigenvalue weighted by atomic mass is 10.2. The summed E-state index contributed by atoms with van der Waals surface area (Å²) in [5.74, 6) is 1.62. The Morgan fingerprint density at radius 3 is 2.39 bits per heavy atom. The highest BCUT2D eigenvalue weighted by Crippen LogP contribution is 2.14. The van der Waals surface area contributed by atoms with E-state index in [2.05, 4.69) is 19.9 Å². The van der Waals surface area contributed by atoms with Gasteiger partial charge in [0.05, 0.1) is 12.4 Å². The molecule has 0 spiro atoms. The fourth-order valence-corrected chi connectivity index (χ4v) is 2.50. The van der Waals surface area contributed by atoms with Crippen LogP contribution in [0.15, 0.2) is 36.8 Å². The van der Waals surface area contributed by atoms with Gasteiger partial charge in [-0.25, -0.2) is 15.0 Å². The topological polar surface area (TPSA) is 65.5 Å². The van der Waals surface area contributed by atoms with Crippen molar-refractivity contribution < 1.29 is 4.79 Å². The molecule has 1 fully saturated rings. The zero-order chi connectivity index (χ0) is 16.2. The molecule has 0 N–H and O–H groups in total. The van der Waals surface area contributed by atoms with Crippen LogP contribution in [-0.4, -0.2) is 66.0 Å². The Kier molecular flexibility index (Phi) is 4.36. The quantitative estimate of drug-likeness (QED) is 0.839. The molecule has 7 nitrogen and oxygen atoms in total. The molecule has 23 heavy (non-hydrogen) atoms. The van der Waals surface area contributed by atoms with E-state index in [0.717, 1.165) is 24.7 Å². The molecule has 0 radical (unpaired) electrons. The summed E-state index contributed by atoms with van der Waals surface area (Å²) in [5.41, 5.74) is 0.391. The first-order valence-corrected chi connectivity index (χ1v) is 7.60. The summed E-state index contributed by atoms with van der Waals surface area (Å²) >= 11 is 0. The van der Waals surface area contributed by atoms with Crippen LogP contribution in [0.5, 0.6) is 0 Å². The molecule has 3 heterocycles. The molecule has 2 aromatic heterocycles. The van der Waals surface area contributed by atoms with Gasteiger partial charge in [-0.05, 0) is 12.1 Å². The van der Waals surface area contributed by atoms with Crippen molar-refractivity contribution in [2.75, 3.05) is 50.1 Å². The second kappa shape index (κ2) is 6.60. The number of hydrogen-bond acceptors (Lipinski definition) is 6. The fraction of sp³-hybridized carbons (Fsp3) is 0.375. The molecule has 1 amide bonds. The van der Waals surface area contributed by atoms with Gasteiger partial charge in [-0.2, -0.15) is 0 Å². The zero-order valence-corrected chi connectivity index (χ0v) is 13.4. The lowest BCUT2D eigenvalue weighted by molar-refractivity contribution is 0.0740. The van der Waals surface area contributed by atoms with Crippen molar-refractivity contribution in [3.05, 3.63) is 42.5 Å². The summed E-state index contributed by atoms with van der Waals surface area (Å²) in [4.78, 5) is 31.2. The average Bonchev–Trinajstić information content (AvgIpc) is 2.62. The van der Waals surface area contributed by atoms with E-state index in [4.69, 9.17) is 0 Å². The zero-order valence-electron chi connectivity index (χ0n) is 13.4. The van der Waals surface area contributed by atoms with Crippen LogP contribution in [0.3, 0.4) is 0 Å². The van der Waals surface area contributed by atoms with Gasteiger partial charge in [0.25, 0.3) is 5.91 Å². The molecule has 0 saturated carbocycles. The molecule has 0 unspecified atom stereocenters. The molecule has 0 aromatic carbocycles. The summed E-state index contributed by atoms with van der Waals surface area (Å²) in [6, 6.07) is 5.87. The van der Waals surface area contributed by atoms with E-state index in [0.29, 0.717) is 18.8 Å². The third kappa shape index (κ3) is 3.39. The van der Waals surface area contributed by atoms with Crippen molar-refractivity contribution in [1.29, 1.82) is 0 Å². The number of amides is 1. The van der Waals surface area contributed by atoms with E-state index in [-0.39, 0.29) is 5.91 Å². The number of pyridine rings is 1. The van der Waals surface area contributed by atoms with Crippen molar-refractivity contribution in [2.45, 2.75) is 0 Å². The normalized spacial score (nSPS) is 14.7. The van der Waals surface area contributed by atoms with Gasteiger partial charge in [0, 0.05) is 46.5 Å². The maximum atomic E-state index is 12.5. The van der Waals surface area contributed by atoms with E-state index >= 15 is 0 Å². The lowest BCUT2D eigenvalue weighted by Crippen LogP contribution is -2.49. The lowest BCUT2D eigenvalue weighted by Gasteiger charge is -2.35. The Labute approximate surface area is 135 Å². The highest BCUT2D eigenvalue weighted by molar-refractivity contribution is 5.92. The number of carbonyl (C=O) groups is 1. The predicted octanol–water partition coefficient (Wildman–Crippen LogP) is 0.900. The van der Waals surface area contributed by atoms with E-state index in [9.17, 15) is 4.79 Å². The van der Waals surface area contributed by atoms with Crippen LogP contribution >= 0.6 is 0 Å². The number of anilines is 2. The largest absolute Gasteiger partial charge is 0.361 e. The van der Waals surface area contributed by atoms with E-state index in [1.165, 1.54) is 0 Å². The average molecular weight is 312 g/mol. The highest BCUT2D eigenvalue weighted by atomic mass is 16.2. The standard InChI is InChI=1S/C16H20N6O/c1-20(2)15-12-18-13(11-19-15)16(23)22-9-7-21(8-10-22)14-5-3-4-6-17-14/h3-6,11-12H,7-10H2,1-2H3. The van der Waals surface area contributed by atoms with Crippen LogP contribution in [0.25, 0.3) is 0 Å². The van der Waals surface area contributed by atoms with Crippen LogP contribution < -0.4 is 9.80 Å². The third-order valence-corrected chi connectivity index (χ3v) is 3.86. The molecule has 1 aliphatic heterocycles. The minimum Gasteiger partial charge on any atom is -0.361 e. The molecular weight excluding hydrogens is 292 g/mol. The Morgan fingerprint density at radius 2 is 1.83 bits per heavy atom. The van der Waals surface area contributed by atoms with Crippen LogP contribution in [0.1, 0.15) is 10.5 Å². The van der Waals surface area contributed by atoms with Gasteiger partial charge in [0.1, 0.15) is 17.3 Å². The Hall–Kier alpha value is -2.70. The molecular formula is C16H20N6O. The molecule has 7 heteroatoms. The number of piperazine rings is 1. The van der Waals surface area contributed by atoms with Gasteiger partial charge in [-0.1, -0.05) is 6.07 Å². The van der Waals surface area contributed by atoms with Gasteiger partial charge < -0.3 is 14.7 Å². The van der Waals surface area contributed by atoms with Crippen molar-refractivity contribution in [3.8, 4) is 0 Å². The van der Waals surface area contributed by atoms with Gasteiger partial charge in [-0.3, -0.25) is 4.79 Å². The first-order chi connectivity index (χ1) is 11.1. The second-order valence-corrected chi connectivity index (χ2v) is 5.62. The van der Waals surface area contributed by atoms with E-state index < -0.39 is 0 Å². The molecule has 120 valence electrons. The van der Waals surface area contributed by atoms with Gasteiger partial charge in [-0.15, -0.1) is 0 Å². The maximum absolute atomic E-state index is 12.5. The molecule has 0 aliphatic carbocycles. The fourth-order valence-electron chi connectivity index (χ4n) is 2.50. The first-order valence-electron chi connectivity index (χ1n) is 7.60. The third-order valence-electron chi connectivity index (χ3n) is 3.86. The minimum atomic E-state index is -0.0662. The Bertz CT molecular complexity index is 650. The number of nitrogens with zero attached hydrogens (tertiary/aromatic N) is 6. The minimum absolute atomic E-state index is 0.0662. The summed E-state index contributed by atoms with van der Waals surface area (Å²) in [5, 5.41) is 0. The summed E-state index contributed by atoms with van der Waals surface area (Å²) in [6.45, 7) is 2.86. The molecule has 3 rings (SSSR count). The number of aromatic nitrogens is 3. The molecule has 0 atom stereocenters. The predicted molar refractivity (Wildman–Crippen MR) is 88.7 cm³/mol. The number of hydrogen-bond donors (Lipinski definition) is 0.